The van der Waals surface area contributed by atoms with Crippen molar-refractivity contribution in [3.63, 3.8) is 0 Å². The summed E-state index contributed by atoms with van der Waals surface area (Å²) in [7, 11) is 0. The maximum atomic E-state index is 13.3. The number of carbonyl (C=O) groups is 2. The summed E-state index contributed by atoms with van der Waals surface area (Å²) in [5.74, 6) is -4.28. The smallest absolute Gasteiger partial charge is 0.264 e. The van der Waals surface area contributed by atoms with Gasteiger partial charge in [-0.05, 0) is 25.3 Å². The van der Waals surface area contributed by atoms with Crippen LogP contribution in [-0.2, 0) is 9.59 Å². The first-order valence-corrected chi connectivity index (χ1v) is 5.80. The van der Waals surface area contributed by atoms with E-state index in [2.05, 4.69) is 4.98 Å². The van der Waals surface area contributed by atoms with Crippen molar-refractivity contribution in [1.29, 1.82) is 0 Å². The zero-order chi connectivity index (χ0) is 23.9. The van der Waals surface area contributed by atoms with Crippen LogP contribution in [0.3, 0.4) is 0 Å². The number of rotatable bonds is 1. The molecule has 2 aromatic rings. The second kappa shape index (κ2) is 4.80. The molecule has 0 spiro atoms. The Kier molecular flexibility index (Phi) is 1.39. The van der Waals surface area contributed by atoms with E-state index in [0.29, 0.717) is 0 Å². The van der Waals surface area contributed by atoms with Gasteiger partial charge in [0.15, 0.2) is 5.78 Å². The first kappa shape index (κ1) is 6.09. The Balaban J connectivity index is 2.62. The molecule has 1 atom stereocenters. The number of hydrogen-bond acceptors (Lipinski definition) is 5. The molecule has 0 unspecified atom stereocenters. The van der Waals surface area contributed by atoms with E-state index >= 15 is 0 Å². The summed E-state index contributed by atoms with van der Waals surface area (Å²) < 4.78 is 79.0. The summed E-state index contributed by atoms with van der Waals surface area (Å²) in [6.07, 6.45) is -8.38. The normalized spacial score (nSPS) is 35.0. The van der Waals surface area contributed by atoms with Gasteiger partial charge in [0.1, 0.15) is 11.6 Å². The van der Waals surface area contributed by atoms with Crippen LogP contribution in [0.1, 0.15) is 44.7 Å². The fourth-order valence-corrected chi connectivity index (χ4v) is 1.98. The lowest BCUT2D eigenvalue weighted by molar-refractivity contribution is -0.132. The molecule has 1 fully saturated rings. The molecule has 3 rings (SSSR count). The minimum atomic E-state index is -3.69. The number of anilines is 1. The Bertz CT molecular complexity index is 1220. The first-order chi connectivity index (χ1) is 13.9. The summed E-state index contributed by atoms with van der Waals surface area (Å²) in [6.45, 7) is -3.31. The number of aromatic nitrogens is 2. The fourth-order valence-electron chi connectivity index (χ4n) is 1.98. The van der Waals surface area contributed by atoms with Crippen LogP contribution in [0.4, 0.5) is 5.69 Å². The molecule has 0 radical (unpaired) electrons. The van der Waals surface area contributed by atoms with Crippen molar-refractivity contribution in [3.8, 4) is 0 Å². The predicted octanol–water partition coefficient (Wildman–Crippen LogP) is 1.15. The second-order valence-corrected chi connectivity index (χ2v) is 4.27. The van der Waals surface area contributed by atoms with Crippen LogP contribution in [0.2, 0.25) is 0 Å². The molecule has 1 heterocycles. The van der Waals surface area contributed by atoms with E-state index in [1.165, 1.54) is 0 Å². The SMILES string of the molecule is [2H]c1cc([2H])c2nc(C([2H])([2H])[2H])n([C@@]3([2H])C(=O)CC(=O)C([2H])([2H])C3([2H])[2H])c(=O)c2c1N. The zero-order valence-corrected chi connectivity index (χ0v) is 10.5. The fraction of sp³-hybridized carbons (Fsp3) is 0.333. The highest BCUT2D eigenvalue weighted by atomic mass is 16.2. The number of Topliss-reactive ketones (excluding diaryl/α,β-unsaturated/α-hetero) is 2. The highest BCUT2D eigenvalue weighted by Crippen LogP contribution is 2.24. The molecular weight excluding hydrogens is 270 g/mol. The maximum Gasteiger partial charge on any atom is 0.264 e. The number of aryl methyl sites for hydroxylation is 1. The molecular formula is C15H15N3O3. The zero-order valence-electron chi connectivity index (χ0n) is 20.5. The summed E-state index contributed by atoms with van der Waals surface area (Å²) in [5, 5.41) is -0.696. The molecule has 0 bridgehead atoms. The number of nitrogens with two attached hydrogens (primary N) is 1. The van der Waals surface area contributed by atoms with E-state index in [1.807, 2.05) is 0 Å². The minimum Gasteiger partial charge on any atom is -0.398 e. The third kappa shape index (κ3) is 2.12. The van der Waals surface area contributed by atoms with Gasteiger partial charge < -0.3 is 5.73 Å². The largest absolute Gasteiger partial charge is 0.398 e. The van der Waals surface area contributed by atoms with Crippen LogP contribution in [0.25, 0.3) is 10.9 Å². The third-order valence-corrected chi connectivity index (χ3v) is 2.92. The summed E-state index contributed by atoms with van der Waals surface area (Å²) in [5.41, 5.74) is 3.11. The van der Waals surface area contributed by atoms with Crippen LogP contribution < -0.4 is 11.3 Å². The highest BCUT2D eigenvalue weighted by Gasteiger charge is 2.30. The predicted molar refractivity (Wildman–Crippen MR) is 78.1 cm³/mol. The Morgan fingerprint density at radius 1 is 1.52 bits per heavy atom. The van der Waals surface area contributed by atoms with Crippen LogP contribution in [0, 0.1) is 6.85 Å². The second-order valence-electron chi connectivity index (χ2n) is 4.27. The number of nitrogen functional groups attached to an aromatic ring is 1. The topological polar surface area (TPSA) is 95.0 Å². The standard InChI is InChI=1S/C15H15N3O3/c1-8-17-11-4-2-3-10(16)14(11)15(21)18(8)12-6-5-9(19)7-13(12)20/h2-4,12H,5-7,16H2,1H3/t12-/m1/s1/i1D3,3D,4D,5D2,6D2,12D. The quantitative estimate of drug-likeness (QED) is 0.629. The number of benzene rings is 1. The third-order valence-electron chi connectivity index (χ3n) is 2.92. The van der Waals surface area contributed by atoms with E-state index in [0.717, 1.165) is 6.07 Å². The molecule has 21 heavy (non-hydrogen) atoms. The molecule has 1 aliphatic carbocycles. The number of ketones is 2. The van der Waals surface area contributed by atoms with Gasteiger partial charge in [0.2, 0.25) is 0 Å². The van der Waals surface area contributed by atoms with Crippen molar-refractivity contribution in [3.05, 3.63) is 34.3 Å². The van der Waals surface area contributed by atoms with Crippen molar-refractivity contribution in [1.82, 2.24) is 9.55 Å². The molecule has 2 N–H and O–H groups in total. The van der Waals surface area contributed by atoms with E-state index in [1.54, 1.807) is 0 Å². The maximum absolute atomic E-state index is 13.3. The molecule has 6 heteroatoms. The van der Waals surface area contributed by atoms with E-state index in [4.69, 9.17) is 19.4 Å². The lowest BCUT2D eigenvalue weighted by Gasteiger charge is -2.24. The van der Waals surface area contributed by atoms with Crippen LogP contribution in [0.15, 0.2) is 22.9 Å². The number of hydrogen-bond donors (Lipinski definition) is 1. The van der Waals surface area contributed by atoms with Crippen LogP contribution >= 0.6 is 0 Å². The van der Waals surface area contributed by atoms with Crippen molar-refractivity contribution in [2.75, 3.05) is 5.73 Å². The number of fused-ring (bicyclic) bond motifs is 1. The molecule has 0 aliphatic heterocycles. The number of carbonyl (C=O) groups excluding carboxylic acids is 2. The minimum absolute atomic E-state index is 0.121. The highest BCUT2D eigenvalue weighted by molar-refractivity contribution is 6.03. The number of nitrogens with zero attached hydrogens (tertiary/aromatic N) is 2. The molecule has 6 nitrogen and oxygen atoms in total. The average Bonchev–Trinajstić information content (AvgIpc) is 2.62. The Hall–Kier alpha value is -2.50. The molecule has 108 valence electrons. The monoisotopic (exact) mass is 295 g/mol. The summed E-state index contributed by atoms with van der Waals surface area (Å²) in [6, 6.07) is -3.70. The Morgan fingerprint density at radius 2 is 2.33 bits per heavy atom. The van der Waals surface area contributed by atoms with E-state index in [-0.39, 0.29) is 4.57 Å². The van der Waals surface area contributed by atoms with E-state index < -0.39 is 83.7 Å². The molecule has 1 aliphatic rings. The van der Waals surface area contributed by atoms with Crippen molar-refractivity contribution in [2.24, 2.45) is 0 Å². The summed E-state index contributed by atoms with van der Waals surface area (Å²) in [4.78, 5) is 41.7. The Labute approximate surface area is 134 Å². The lowest BCUT2D eigenvalue weighted by Crippen LogP contribution is -2.36. The molecule has 1 saturated carbocycles. The lowest BCUT2D eigenvalue weighted by atomic mass is 9.92. The van der Waals surface area contributed by atoms with Gasteiger partial charge in [0.05, 0.1) is 27.5 Å². The molecule has 1 aromatic heterocycles. The molecule has 0 saturated heterocycles. The Morgan fingerprint density at radius 3 is 3.10 bits per heavy atom. The van der Waals surface area contributed by atoms with Crippen LogP contribution in [0.5, 0.6) is 0 Å². The van der Waals surface area contributed by atoms with Gasteiger partial charge in [-0.25, -0.2) is 4.98 Å². The van der Waals surface area contributed by atoms with Crippen molar-refractivity contribution < 1.29 is 23.3 Å². The van der Waals surface area contributed by atoms with Crippen molar-refractivity contribution >= 4 is 28.2 Å². The molecule has 1 aromatic carbocycles. The van der Waals surface area contributed by atoms with Gasteiger partial charge in [-0.1, -0.05) is 6.07 Å². The summed E-state index contributed by atoms with van der Waals surface area (Å²) >= 11 is 0. The van der Waals surface area contributed by atoms with Crippen LogP contribution in [-0.4, -0.2) is 21.1 Å². The van der Waals surface area contributed by atoms with Gasteiger partial charge in [0.25, 0.3) is 5.56 Å². The first-order valence-electron chi connectivity index (χ1n) is 10.8. The van der Waals surface area contributed by atoms with Gasteiger partial charge >= 0.3 is 0 Å². The average molecular weight is 295 g/mol. The van der Waals surface area contributed by atoms with Gasteiger partial charge in [-0.3, -0.25) is 19.0 Å². The van der Waals surface area contributed by atoms with E-state index in [9.17, 15) is 14.4 Å². The van der Waals surface area contributed by atoms with Gasteiger partial charge in [0, 0.05) is 21.7 Å². The molecule has 0 amide bonds. The van der Waals surface area contributed by atoms with Crippen molar-refractivity contribution in [2.45, 2.75) is 32.0 Å². The van der Waals surface area contributed by atoms with Gasteiger partial charge in [-0.15, -0.1) is 0 Å². The van der Waals surface area contributed by atoms with Gasteiger partial charge in [-0.2, -0.15) is 0 Å².